The molecule has 1 N–H and O–H groups in total. The number of amidine groups is 1. The van der Waals surface area contributed by atoms with E-state index < -0.39 is 22.0 Å². The fraction of sp³-hybridized carbons (Fsp3) is 0.474. The van der Waals surface area contributed by atoms with Crippen LogP contribution in [0.4, 0.5) is 15.8 Å². The first-order chi connectivity index (χ1) is 14.6. The van der Waals surface area contributed by atoms with Gasteiger partial charge in [-0.2, -0.15) is 13.5 Å². The molecule has 0 aliphatic carbocycles. The van der Waals surface area contributed by atoms with Crippen molar-refractivity contribution in [1.29, 1.82) is 0 Å². The summed E-state index contributed by atoms with van der Waals surface area (Å²) in [5.74, 6) is -0.574. The largest absolute Gasteiger partial charge is 0.845 e. The Balaban J connectivity index is 1.88. The minimum atomic E-state index is -4.37. The van der Waals surface area contributed by atoms with E-state index in [9.17, 15) is 17.9 Å². The van der Waals surface area contributed by atoms with Crippen LogP contribution in [0.15, 0.2) is 28.9 Å². The van der Waals surface area contributed by atoms with Crippen molar-refractivity contribution in [2.24, 2.45) is 11.4 Å². The Hall–Kier alpha value is -2.37. The number of hydrogen-bond donors (Lipinski definition) is 1. The number of halogens is 2. The van der Waals surface area contributed by atoms with Crippen LogP contribution in [0.2, 0.25) is 5.02 Å². The minimum Gasteiger partial charge on any atom is -0.845 e. The summed E-state index contributed by atoms with van der Waals surface area (Å²) >= 11 is 5.86. The third-order valence-corrected chi connectivity index (χ3v) is 6.83. The van der Waals surface area contributed by atoms with E-state index in [0.29, 0.717) is 17.7 Å². The number of benzene rings is 1. The van der Waals surface area contributed by atoms with Gasteiger partial charge in [-0.25, -0.2) is 8.70 Å². The molecule has 1 fully saturated rings. The van der Waals surface area contributed by atoms with E-state index in [1.165, 1.54) is 23.0 Å². The summed E-state index contributed by atoms with van der Waals surface area (Å²) in [5.41, 5.74) is 0.778. The van der Waals surface area contributed by atoms with Crippen molar-refractivity contribution < 1.29 is 17.9 Å². The van der Waals surface area contributed by atoms with Gasteiger partial charge in [0.1, 0.15) is 5.82 Å². The maximum absolute atomic E-state index is 13.9. The summed E-state index contributed by atoms with van der Waals surface area (Å²) in [6.45, 7) is 2.75. The lowest BCUT2D eigenvalue weighted by Gasteiger charge is -2.28. The lowest BCUT2D eigenvalue weighted by Crippen LogP contribution is -2.42. The van der Waals surface area contributed by atoms with Crippen molar-refractivity contribution in [3.05, 3.63) is 40.9 Å². The van der Waals surface area contributed by atoms with Crippen molar-refractivity contribution in [1.82, 2.24) is 14.7 Å². The molecule has 31 heavy (non-hydrogen) atoms. The second-order valence-electron chi connectivity index (χ2n) is 7.46. The Morgan fingerprint density at radius 1 is 1.45 bits per heavy atom. The smallest absolute Gasteiger partial charge is 0.345 e. The zero-order valence-electron chi connectivity index (χ0n) is 17.5. The highest BCUT2D eigenvalue weighted by molar-refractivity contribution is 7.91. The second kappa shape index (κ2) is 9.41. The number of rotatable bonds is 7. The van der Waals surface area contributed by atoms with Crippen molar-refractivity contribution in [3.63, 3.8) is 0 Å². The number of hydrogen-bond acceptors (Lipinski definition) is 5. The zero-order valence-corrected chi connectivity index (χ0v) is 19.1. The fourth-order valence-corrected chi connectivity index (χ4v) is 4.86. The fourth-order valence-electron chi connectivity index (χ4n) is 3.55. The van der Waals surface area contributed by atoms with Gasteiger partial charge in [0.25, 0.3) is 0 Å². The Bertz CT molecular complexity index is 1070. The van der Waals surface area contributed by atoms with Gasteiger partial charge in [-0.3, -0.25) is 4.68 Å². The van der Waals surface area contributed by atoms with Crippen LogP contribution in [0.3, 0.4) is 0 Å². The number of nitrogens with one attached hydrogen (secondary N) is 1. The average molecular weight is 472 g/mol. The summed E-state index contributed by atoms with van der Waals surface area (Å²) in [5, 5.41) is 18.6. The summed E-state index contributed by atoms with van der Waals surface area (Å²) < 4.78 is 46.0. The lowest BCUT2D eigenvalue weighted by molar-refractivity contribution is -0.213. The van der Waals surface area contributed by atoms with Crippen molar-refractivity contribution in [2.45, 2.75) is 32.2 Å². The molecule has 3 rings (SSSR count). The predicted molar refractivity (Wildman–Crippen MR) is 117 cm³/mol. The molecule has 0 amide bonds. The molecule has 0 saturated carbocycles. The molecule has 1 aliphatic rings. The maximum atomic E-state index is 13.9. The molecule has 1 aromatic carbocycles. The van der Waals surface area contributed by atoms with E-state index in [1.54, 1.807) is 20.2 Å². The molecule has 9 nitrogen and oxygen atoms in total. The quantitative estimate of drug-likeness (QED) is 0.487. The molecule has 170 valence electrons. The number of aryl methyl sites for hydroxylation is 2. The number of aromatic nitrogens is 2. The topological polar surface area (TPSA) is 106 Å². The normalized spacial score (nSPS) is 17.8. The summed E-state index contributed by atoms with van der Waals surface area (Å²) in [6.07, 6.45) is 5.11. The first kappa shape index (κ1) is 23.3. The molecule has 1 unspecified atom stereocenters. The van der Waals surface area contributed by atoms with Crippen LogP contribution in [-0.2, 0) is 23.7 Å². The van der Waals surface area contributed by atoms with Crippen LogP contribution in [0.1, 0.15) is 25.3 Å². The maximum Gasteiger partial charge on any atom is 0.345 e. The molecule has 0 radical (unpaired) electrons. The molecule has 2 heterocycles. The lowest BCUT2D eigenvalue weighted by atomic mass is 10.1. The highest BCUT2D eigenvalue weighted by Crippen LogP contribution is 2.25. The third kappa shape index (κ3) is 5.46. The summed E-state index contributed by atoms with van der Waals surface area (Å²) in [6, 6.07) is 1.51. The molecule has 0 spiro atoms. The van der Waals surface area contributed by atoms with Gasteiger partial charge in [-0.15, -0.1) is 4.40 Å². The molecule has 1 atom stereocenters. The Morgan fingerprint density at radius 3 is 2.77 bits per heavy atom. The van der Waals surface area contributed by atoms with Crippen molar-refractivity contribution in [2.75, 3.05) is 29.8 Å². The van der Waals surface area contributed by atoms with Crippen LogP contribution < -0.4 is 14.7 Å². The van der Waals surface area contributed by atoms with E-state index in [2.05, 4.69) is 19.7 Å². The SMILES string of the molecule is CCc1cc(N/C([O-])=N/S(=O)(=O)N(CC2CCCN2C)c2cnn(C)c2)cc(Cl)c1F. The first-order valence-corrected chi connectivity index (χ1v) is 11.6. The molecule has 0 bridgehead atoms. The van der Waals surface area contributed by atoms with Gasteiger partial charge in [0.15, 0.2) is 0 Å². The van der Waals surface area contributed by atoms with Crippen LogP contribution in [-0.4, -0.2) is 55.3 Å². The van der Waals surface area contributed by atoms with Crippen molar-refractivity contribution >= 4 is 39.2 Å². The van der Waals surface area contributed by atoms with Crippen LogP contribution in [0.25, 0.3) is 0 Å². The molecule has 1 aromatic heterocycles. The van der Waals surface area contributed by atoms with E-state index in [4.69, 9.17) is 11.6 Å². The number of anilines is 2. The van der Waals surface area contributed by atoms with E-state index in [0.717, 1.165) is 23.7 Å². The van der Waals surface area contributed by atoms with Gasteiger partial charge in [0.2, 0.25) is 0 Å². The summed E-state index contributed by atoms with van der Waals surface area (Å²) in [7, 11) is -0.767. The Morgan fingerprint density at radius 2 is 2.19 bits per heavy atom. The molecule has 1 saturated heterocycles. The number of nitrogens with zero attached hydrogens (tertiary/aromatic N) is 5. The number of likely N-dealkylation sites (tertiary alicyclic amines) is 1. The van der Waals surface area contributed by atoms with Crippen LogP contribution in [0.5, 0.6) is 0 Å². The summed E-state index contributed by atoms with van der Waals surface area (Å²) in [4.78, 5) is 2.08. The van der Waals surface area contributed by atoms with Gasteiger partial charge < -0.3 is 15.3 Å². The molecule has 12 heteroatoms. The molecule has 1 aliphatic heterocycles. The Kier molecular flexibility index (Phi) is 7.07. The highest BCUT2D eigenvalue weighted by Gasteiger charge is 2.30. The number of likely N-dealkylation sites (N-methyl/N-ethyl adjacent to an activating group) is 1. The second-order valence-corrected chi connectivity index (χ2v) is 9.39. The van der Waals surface area contributed by atoms with E-state index in [-0.39, 0.29) is 23.3 Å². The van der Waals surface area contributed by atoms with Gasteiger partial charge in [-0.05, 0) is 50.6 Å². The monoisotopic (exact) mass is 471 g/mol. The van der Waals surface area contributed by atoms with Crippen LogP contribution >= 0.6 is 11.6 Å². The van der Waals surface area contributed by atoms with Gasteiger partial charge >= 0.3 is 10.2 Å². The van der Waals surface area contributed by atoms with E-state index >= 15 is 0 Å². The first-order valence-electron chi connectivity index (χ1n) is 9.84. The molecule has 2 aromatic rings. The Labute approximate surface area is 186 Å². The van der Waals surface area contributed by atoms with Crippen LogP contribution in [0, 0.1) is 5.82 Å². The minimum absolute atomic E-state index is 0.00346. The van der Waals surface area contributed by atoms with Gasteiger partial charge in [0, 0.05) is 25.0 Å². The molecular formula is C19H25ClFN6O3S-. The molecular weight excluding hydrogens is 447 g/mol. The average Bonchev–Trinajstić information content (AvgIpc) is 3.29. The third-order valence-electron chi connectivity index (χ3n) is 5.24. The zero-order chi connectivity index (χ0) is 22.8. The van der Waals surface area contributed by atoms with Gasteiger partial charge in [-0.1, -0.05) is 18.5 Å². The van der Waals surface area contributed by atoms with E-state index in [1.807, 2.05) is 7.05 Å². The highest BCUT2D eigenvalue weighted by atomic mass is 35.5. The standard InChI is InChI=1S/C19H26ClFN6O3S/c1-4-13-8-14(9-17(20)18(13)21)23-19(28)24-31(29,30)27(16-10-22-26(3)11-16)12-15-6-5-7-25(15)2/h8-11,15H,4-7,12H2,1-3H3,(H2,23,24,28)/p-1. The van der Waals surface area contributed by atoms with Gasteiger partial charge in [0.05, 0.1) is 29.5 Å². The predicted octanol–water partition coefficient (Wildman–Crippen LogP) is 1.75. The van der Waals surface area contributed by atoms with Crippen molar-refractivity contribution in [3.8, 4) is 0 Å².